The van der Waals surface area contributed by atoms with Gasteiger partial charge in [-0.25, -0.2) is 4.98 Å². The van der Waals surface area contributed by atoms with Gasteiger partial charge >= 0.3 is 0 Å². The standard InChI is InChI=1S/C14H17N3OS/c1-10(14-15-6-7-19-14)16-8-11-9-17-12-4-2-3-5-13(12)18-11/h2-7,10-11,16-17H,8-9H2,1H3. The van der Waals surface area contributed by atoms with Crippen LogP contribution in [0.1, 0.15) is 18.0 Å². The second kappa shape index (κ2) is 5.59. The van der Waals surface area contributed by atoms with Crippen molar-refractivity contribution in [2.45, 2.75) is 19.1 Å². The number of rotatable bonds is 4. The quantitative estimate of drug-likeness (QED) is 0.900. The number of nitrogens with one attached hydrogen (secondary N) is 2. The summed E-state index contributed by atoms with van der Waals surface area (Å²) in [7, 11) is 0. The van der Waals surface area contributed by atoms with Gasteiger partial charge in [0.05, 0.1) is 18.3 Å². The van der Waals surface area contributed by atoms with E-state index in [4.69, 9.17) is 4.74 Å². The molecule has 19 heavy (non-hydrogen) atoms. The van der Waals surface area contributed by atoms with Gasteiger partial charge in [-0.15, -0.1) is 11.3 Å². The summed E-state index contributed by atoms with van der Waals surface area (Å²) < 4.78 is 5.96. The first-order valence-electron chi connectivity index (χ1n) is 6.45. The van der Waals surface area contributed by atoms with Crippen molar-refractivity contribution in [2.24, 2.45) is 0 Å². The molecule has 2 aromatic rings. The molecule has 0 saturated heterocycles. The van der Waals surface area contributed by atoms with Gasteiger partial charge in [-0.3, -0.25) is 0 Å². The Kier molecular flexibility index (Phi) is 3.66. The van der Waals surface area contributed by atoms with Crippen LogP contribution in [-0.2, 0) is 0 Å². The van der Waals surface area contributed by atoms with Crippen molar-refractivity contribution in [1.82, 2.24) is 10.3 Å². The molecule has 2 heterocycles. The molecule has 4 nitrogen and oxygen atoms in total. The van der Waals surface area contributed by atoms with E-state index in [2.05, 4.69) is 22.5 Å². The highest BCUT2D eigenvalue weighted by Crippen LogP contribution is 2.28. The lowest BCUT2D eigenvalue weighted by atomic mass is 10.2. The average molecular weight is 275 g/mol. The normalized spacial score (nSPS) is 19.1. The number of nitrogens with zero attached hydrogens (tertiary/aromatic N) is 1. The SMILES string of the molecule is CC(NCC1CNc2ccccc2O1)c1nccs1. The van der Waals surface area contributed by atoms with E-state index in [1.807, 2.05) is 35.8 Å². The van der Waals surface area contributed by atoms with Gasteiger partial charge < -0.3 is 15.4 Å². The molecule has 5 heteroatoms. The Labute approximate surface area is 116 Å². The summed E-state index contributed by atoms with van der Waals surface area (Å²) >= 11 is 1.68. The number of ether oxygens (including phenoxy) is 1. The second-order valence-electron chi connectivity index (χ2n) is 4.62. The van der Waals surface area contributed by atoms with Crippen molar-refractivity contribution in [3.63, 3.8) is 0 Å². The lowest BCUT2D eigenvalue weighted by Gasteiger charge is -2.28. The van der Waals surface area contributed by atoms with Gasteiger partial charge in [0.1, 0.15) is 16.9 Å². The molecule has 100 valence electrons. The molecule has 2 unspecified atom stereocenters. The van der Waals surface area contributed by atoms with Gasteiger partial charge in [0, 0.05) is 18.1 Å². The first-order chi connectivity index (χ1) is 9.33. The smallest absolute Gasteiger partial charge is 0.142 e. The van der Waals surface area contributed by atoms with E-state index >= 15 is 0 Å². The number of hydrogen-bond donors (Lipinski definition) is 2. The predicted octanol–water partition coefficient (Wildman–Crippen LogP) is 2.67. The zero-order valence-electron chi connectivity index (χ0n) is 10.8. The average Bonchev–Trinajstić information content (AvgIpc) is 2.99. The third-order valence-corrected chi connectivity index (χ3v) is 4.13. The predicted molar refractivity (Wildman–Crippen MR) is 77.9 cm³/mol. The van der Waals surface area contributed by atoms with Crippen molar-refractivity contribution in [2.75, 3.05) is 18.4 Å². The van der Waals surface area contributed by atoms with Crippen molar-refractivity contribution in [3.05, 3.63) is 40.8 Å². The highest BCUT2D eigenvalue weighted by Gasteiger charge is 2.19. The van der Waals surface area contributed by atoms with E-state index in [9.17, 15) is 0 Å². The van der Waals surface area contributed by atoms with Gasteiger partial charge in [-0.2, -0.15) is 0 Å². The highest BCUT2D eigenvalue weighted by molar-refractivity contribution is 7.09. The number of anilines is 1. The molecule has 0 fully saturated rings. The number of aromatic nitrogens is 1. The van der Waals surface area contributed by atoms with Crippen LogP contribution in [0.25, 0.3) is 0 Å². The second-order valence-corrected chi connectivity index (χ2v) is 5.54. The Morgan fingerprint density at radius 1 is 1.53 bits per heavy atom. The molecular weight excluding hydrogens is 258 g/mol. The van der Waals surface area contributed by atoms with Gasteiger partial charge in [-0.05, 0) is 19.1 Å². The zero-order valence-corrected chi connectivity index (χ0v) is 11.6. The van der Waals surface area contributed by atoms with Crippen molar-refractivity contribution < 1.29 is 4.74 Å². The maximum absolute atomic E-state index is 5.96. The molecule has 1 aliphatic heterocycles. The first-order valence-corrected chi connectivity index (χ1v) is 7.33. The topological polar surface area (TPSA) is 46.2 Å². The van der Waals surface area contributed by atoms with Crippen molar-refractivity contribution >= 4 is 17.0 Å². The minimum absolute atomic E-state index is 0.150. The first kappa shape index (κ1) is 12.4. The molecule has 1 aliphatic rings. The molecule has 2 atom stereocenters. The van der Waals surface area contributed by atoms with Crippen LogP contribution in [0.2, 0.25) is 0 Å². The zero-order chi connectivity index (χ0) is 13.1. The van der Waals surface area contributed by atoms with Gasteiger partial charge in [0.15, 0.2) is 0 Å². The molecular formula is C14H17N3OS. The van der Waals surface area contributed by atoms with E-state index in [-0.39, 0.29) is 12.1 Å². The van der Waals surface area contributed by atoms with Crippen LogP contribution in [0.15, 0.2) is 35.8 Å². The Bertz CT molecular complexity index is 529. The minimum atomic E-state index is 0.150. The molecule has 0 aliphatic carbocycles. The molecule has 3 rings (SSSR count). The van der Waals surface area contributed by atoms with Crippen LogP contribution in [0.3, 0.4) is 0 Å². The van der Waals surface area contributed by atoms with Crippen LogP contribution >= 0.6 is 11.3 Å². The van der Waals surface area contributed by atoms with Crippen molar-refractivity contribution in [1.29, 1.82) is 0 Å². The van der Waals surface area contributed by atoms with E-state index in [1.54, 1.807) is 11.3 Å². The Morgan fingerprint density at radius 3 is 3.26 bits per heavy atom. The Balaban J connectivity index is 1.55. The summed E-state index contributed by atoms with van der Waals surface area (Å²) in [5.41, 5.74) is 1.08. The van der Waals surface area contributed by atoms with E-state index < -0.39 is 0 Å². The van der Waals surface area contributed by atoms with Gasteiger partial charge in [0.2, 0.25) is 0 Å². The molecule has 0 spiro atoms. The van der Waals surface area contributed by atoms with Gasteiger partial charge in [-0.1, -0.05) is 12.1 Å². The number of thiazole rings is 1. The molecule has 0 amide bonds. The highest BCUT2D eigenvalue weighted by atomic mass is 32.1. The summed E-state index contributed by atoms with van der Waals surface area (Å²) in [4.78, 5) is 4.32. The fraction of sp³-hybridized carbons (Fsp3) is 0.357. The maximum Gasteiger partial charge on any atom is 0.142 e. The van der Waals surface area contributed by atoms with Crippen LogP contribution in [0, 0.1) is 0 Å². The van der Waals surface area contributed by atoms with E-state index in [1.165, 1.54) is 0 Å². The Morgan fingerprint density at radius 2 is 2.42 bits per heavy atom. The summed E-state index contributed by atoms with van der Waals surface area (Å²) in [5.74, 6) is 0.933. The summed E-state index contributed by atoms with van der Waals surface area (Å²) in [6.07, 6.45) is 1.99. The van der Waals surface area contributed by atoms with E-state index in [0.717, 1.165) is 29.5 Å². The Hall–Kier alpha value is -1.59. The third kappa shape index (κ3) is 2.88. The molecule has 1 aromatic carbocycles. The van der Waals surface area contributed by atoms with Crippen molar-refractivity contribution in [3.8, 4) is 5.75 Å². The maximum atomic E-state index is 5.96. The number of benzene rings is 1. The summed E-state index contributed by atoms with van der Waals surface area (Å²) in [6.45, 7) is 3.76. The summed E-state index contributed by atoms with van der Waals surface area (Å²) in [5, 5.41) is 9.98. The number of para-hydroxylation sites is 2. The minimum Gasteiger partial charge on any atom is -0.485 e. The molecule has 0 saturated carbocycles. The van der Waals surface area contributed by atoms with Crippen LogP contribution < -0.4 is 15.4 Å². The monoisotopic (exact) mass is 275 g/mol. The van der Waals surface area contributed by atoms with E-state index in [0.29, 0.717) is 0 Å². The summed E-state index contributed by atoms with van der Waals surface area (Å²) in [6, 6.07) is 8.31. The van der Waals surface area contributed by atoms with Crippen LogP contribution in [-0.4, -0.2) is 24.2 Å². The lowest BCUT2D eigenvalue weighted by Crippen LogP contribution is -2.40. The molecule has 0 bridgehead atoms. The molecule has 0 radical (unpaired) electrons. The fourth-order valence-corrected chi connectivity index (χ4v) is 2.79. The third-order valence-electron chi connectivity index (χ3n) is 3.17. The number of fused-ring (bicyclic) bond motifs is 1. The molecule has 1 aromatic heterocycles. The fourth-order valence-electron chi connectivity index (χ4n) is 2.12. The number of hydrogen-bond acceptors (Lipinski definition) is 5. The largest absolute Gasteiger partial charge is 0.485 e. The molecule has 2 N–H and O–H groups in total. The lowest BCUT2D eigenvalue weighted by molar-refractivity contribution is 0.198. The van der Waals surface area contributed by atoms with Crippen LogP contribution in [0.4, 0.5) is 5.69 Å². The van der Waals surface area contributed by atoms with Crippen LogP contribution in [0.5, 0.6) is 5.75 Å². The van der Waals surface area contributed by atoms with Gasteiger partial charge in [0.25, 0.3) is 0 Å².